The minimum Gasteiger partial charge on any atom is -0.343 e. The molecule has 0 saturated carbocycles. The molecule has 6 nitrogen and oxygen atoms in total. The molecule has 1 saturated heterocycles. The number of hydrogen-bond donors (Lipinski definition) is 1. The standard InChI is InChI=1S/C20H27N3O3S/c1-14-8-9-17(15(2)12-14)21-27(25,26)19-13-18(22(4)16(19)3)20(24)23-10-6-5-7-11-23/h8-9,12-13,21H,5-7,10-11H2,1-4H3. The predicted molar refractivity (Wildman–Crippen MR) is 107 cm³/mol. The van der Waals surface area contributed by atoms with E-state index in [4.69, 9.17) is 0 Å². The predicted octanol–water partition coefficient (Wildman–Crippen LogP) is 3.38. The summed E-state index contributed by atoms with van der Waals surface area (Å²) in [4.78, 5) is 14.8. The van der Waals surface area contributed by atoms with Crippen molar-refractivity contribution in [2.45, 2.75) is 44.9 Å². The lowest BCUT2D eigenvalue weighted by Gasteiger charge is -2.26. The van der Waals surface area contributed by atoms with Crippen molar-refractivity contribution in [2.24, 2.45) is 7.05 Å². The van der Waals surface area contributed by atoms with Gasteiger partial charge in [-0.3, -0.25) is 9.52 Å². The SMILES string of the molecule is Cc1ccc(NS(=O)(=O)c2cc(C(=O)N3CCCCC3)n(C)c2C)c(C)c1. The Morgan fingerprint density at radius 1 is 1.04 bits per heavy atom. The van der Waals surface area contributed by atoms with E-state index in [0.29, 0.717) is 17.1 Å². The first-order chi connectivity index (χ1) is 12.7. The zero-order valence-corrected chi connectivity index (χ0v) is 17.2. The molecule has 1 fully saturated rings. The molecular formula is C20H27N3O3S. The van der Waals surface area contributed by atoms with Crippen LogP contribution < -0.4 is 4.72 Å². The second kappa shape index (κ2) is 7.38. The third kappa shape index (κ3) is 3.88. The average molecular weight is 390 g/mol. The highest BCUT2D eigenvalue weighted by Gasteiger charge is 2.27. The molecule has 7 heteroatoms. The number of nitrogens with zero attached hydrogens (tertiary/aromatic N) is 2. The second-order valence-corrected chi connectivity index (χ2v) is 8.97. The van der Waals surface area contributed by atoms with Gasteiger partial charge in [-0.15, -0.1) is 0 Å². The van der Waals surface area contributed by atoms with Crippen molar-refractivity contribution in [1.29, 1.82) is 0 Å². The van der Waals surface area contributed by atoms with Crippen molar-refractivity contribution in [3.05, 3.63) is 46.8 Å². The van der Waals surface area contributed by atoms with Crippen LogP contribution in [0.5, 0.6) is 0 Å². The van der Waals surface area contributed by atoms with Crippen molar-refractivity contribution >= 4 is 21.6 Å². The van der Waals surface area contributed by atoms with E-state index in [-0.39, 0.29) is 10.8 Å². The summed E-state index contributed by atoms with van der Waals surface area (Å²) in [6, 6.07) is 7.06. The zero-order valence-electron chi connectivity index (χ0n) is 16.4. The van der Waals surface area contributed by atoms with E-state index in [2.05, 4.69) is 4.72 Å². The maximum Gasteiger partial charge on any atom is 0.270 e. The molecule has 2 aromatic rings. The average Bonchev–Trinajstić information content (AvgIpc) is 2.94. The van der Waals surface area contributed by atoms with E-state index < -0.39 is 10.0 Å². The van der Waals surface area contributed by atoms with Crippen LogP contribution in [0.2, 0.25) is 0 Å². The quantitative estimate of drug-likeness (QED) is 0.871. The number of anilines is 1. The normalized spacial score (nSPS) is 15.0. The fraction of sp³-hybridized carbons (Fsp3) is 0.450. The Morgan fingerprint density at radius 3 is 2.33 bits per heavy atom. The number of sulfonamides is 1. The number of carbonyl (C=O) groups is 1. The van der Waals surface area contributed by atoms with Crippen LogP contribution in [-0.4, -0.2) is 36.9 Å². The summed E-state index contributed by atoms with van der Waals surface area (Å²) in [6.45, 7) is 7.01. The molecule has 2 heterocycles. The summed E-state index contributed by atoms with van der Waals surface area (Å²) in [5.74, 6) is -0.103. The lowest BCUT2D eigenvalue weighted by molar-refractivity contribution is 0.0714. The smallest absolute Gasteiger partial charge is 0.270 e. The van der Waals surface area contributed by atoms with E-state index in [1.165, 1.54) is 6.07 Å². The highest BCUT2D eigenvalue weighted by atomic mass is 32.2. The lowest BCUT2D eigenvalue weighted by Crippen LogP contribution is -2.36. The maximum absolute atomic E-state index is 13.0. The second-order valence-electron chi connectivity index (χ2n) is 7.31. The molecule has 1 aliphatic heterocycles. The first-order valence-corrected chi connectivity index (χ1v) is 10.7. The minimum atomic E-state index is -3.79. The van der Waals surface area contributed by atoms with Crippen molar-refractivity contribution in [1.82, 2.24) is 9.47 Å². The molecule has 0 radical (unpaired) electrons. The Morgan fingerprint density at radius 2 is 1.70 bits per heavy atom. The molecule has 0 aliphatic carbocycles. The van der Waals surface area contributed by atoms with Gasteiger partial charge in [0.2, 0.25) is 0 Å². The number of carbonyl (C=O) groups excluding carboxylic acids is 1. The Hall–Kier alpha value is -2.28. The molecule has 3 rings (SSSR count). The number of hydrogen-bond acceptors (Lipinski definition) is 3. The van der Waals surface area contributed by atoms with E-state index >= 15 is 0 Å². The van der Waals surface area contributed by atoms with Gasteiger partial charge in [0.05, 0.1) is 5.69 Å². The van der Waals surface area contributed by atoms with E-state index in [1.807, 2.05) is 30.9 Å². The van der Waals surface area contributed by atoms with Gasteiger partial charge in [-0.1, -0.05) is 17.7 Å². The van der Waals surface area contributed by atoms with Crippen LogP contribution in [0.3, 0.4) is 0 Å². The molecule has 1 aromatic heterocycles. The van der Waals surface area contributed by atoms with Crippen LogP contribution in [0.4, 0.5) is 5.69 Å². The number of rotatable bonds is 4. The van der Waals surface area contributed by atoms with Crippen LogP contribution >= 0.6 is 0 Å². The topological polar surface area (TPSA) is 71.4 Å². The third-order valence-corrected chi connectivity index (χ3v) is 6.75. The number of aryl methyl sites for hydroxylation is 2. The lowest BCUT2D eigenvalue weighted by atomic mass is 10.1. The summed E-state index contributed by atoms with van der Waals surface area (Å²) < 4.78 is 30.3. The summed E-state index contributed by atoms with van der Waals surface area (Å²) in [6.07, 6.45) is 3.12. The largest absolute Gasteiger partial charge is 0.343 e. The van der Waals surface area contributed by atoms with Crippen LogP contribution in [-0.2, 0) is 17.1 Å². The molecule has 1 amide bonds. The fourth-order valence-electron chi connectivity index (χ4n) is 3.54. The minimum absolute atomic E-state index is 0.103. The van der Waals surface area contributed by atoms with Gasteiger partial charge in [-0.2, -0.15) is 0 Å². The van der Waals surface area contributed by atoms with E-state index in [1.54, 1.807) is 24.6 Å². The monoisotopic (exact) mass is 389 g/mol. The fourth-order valence-corrected chi connectivity index (χ4v) is 4.96. The van der Waals surface area contributed by atoms with E-state index in [9.17, 15) is 13.2 Å². The Kier molecular flexibility index (Phi) is 5.33. The van der Waals surface area contributed by atoms with Gasteiger partial charge in [0.25, 0.3) is 15.9 Å². The first-order valence-electron chi connectivity index (χ1n) is 9.26. The van der Waals surface area contributed by atoms with Crippen LogP contribution in [0.25, 0.3) is 0 Å². The molecule has 0 spiro atoms. The zero-order chi connectivity index (χ0) is 19.8. The van der Waals surface area contributed by atoms with Gasteiger partial charge in [-0.25, -0.2) is 8.42 Å². The van der Waals surface area contributed by atoms with Crippen molar-refractivity contribution in [2.75, 3.05) is 17.8 Å². The third-order valence-electron chi connectivity index (χ3n) is 5.27. The number of piperidine rings is 1. The summed E-state index contributed by atoms with van der Waals surface area (Å²) in [5.41, 5.74) is 3.44. The van der Waals surface area contributed by atoms with E-state index in [0.717, 1.165) is 43.5 Å². The maximum atomic E-state index is 13.0. The number of amides is 1. The van der Waals surface area contributed by atoms with Gasteiger partial charge in [-0.05, 0) is 57.7 Å². The molecular weight excluding hydrogens is 362 g/mol. The molecule has 1 N–H and O–H groups in total. The molecule has 0 bridgehead atoms. The van der Waals surface area contributed by atoms with Crippen LogP contribution in [0, 0.1) is 20.8 Å². The van der Waals surface area contributed by atoms with Crippen molar-refractivity contribution in [3.8, 4) is 0 Å². The number of nitrogens with one attached hydrogen (secondary N) is 1. The van der Waals surface area contributed by atoms with Crippen LogP contribution in [0.15, 0.2) is 29.2 Å². The molecule has 1 aromatic carbocycles. The van der Waals surface area contributed by atoms with Gasteiger partial charge >= 0.3 is 0 Å². The highest BCUT2D eigenvalue weighted by Crippen LogP contribution is 2.26. The number of aromatic nitrogens is 1. The first kappa shape index (κ1) is 19.5. The summed E-state index contributed by atoms with van der Waals surface area (Å²) in [7, 11) is -2.05. The number of benzene rings is 1. The molecule has 0 atom stereocenters. The summed E-state index contributed by atoms with van der Waals surface area (Å²) in [5, 5.41) is 0. The van der Waals surface area contributed by atoms with Gasteiger partial charge in [0.15, 0.2) is 0 Å². The van der Waals surface area contributed by atoms with Gasteiger partial charge < -0.3 is 9.47 Å². The number of likely N-dealkylation sites (tertiary alicyclic amines) is 1. The molecule has 1 aliphatic rings. The highest BCUT2D eigenvalue weighted by molar-refractivity contribution is 7.92. The molecule has 27 heavy (non-hydrogen) atoms. The Bertz CT molecular complexity index is 971. The molecule has 146 valence electrons. The van der Waals surface area contributed by atoms with Gasteiger partial charge in [0, 0.05) is 25.8 Å². The Labute approximate surface area is 161 Å². The Balaban J connectivity index is 1.93. The van der Waals surface area contributed by atoms with Crippen molar-refractivity contribution < 1.29 is 13.2 Å². The van der Waals surface area contributed by atoms with Crippen LogP contribution in [0.1, 0.15) is 46.6 Å². The van der Waals surface area contributed by atoms with Gasteiger partial charge in [0.1, 0.15) is 10.6 Å². The summed E-state index contributed by atoms with van der Waals surface area (Å²) >= 11 is 0. The molecule has 0 unspecified atom stereocenters. The van der Waals surface area contributed by atoms with Crippen molar-refractivity contribution in [3.63, 3.8) is 0 Å².